The quantitative estimate of drug-likeness (QED) is 0.248. The van der Waals surface area contributed by atoms with E-state index in [1.165, 1.54) is 6.08 Å². The number of carbonyl (C=O) groups is 2. The molecule has 5 nitrogen and oxygen atoms in total. The second kappa shape index (κ2) is 7.45. The molecule has 2 heterocycles. The fourth-order valence-corrected chi connectivity index (χ4v) is 4.21. The van der Waals surface area contributed by atoms with E-state index in [0.717, 1.165) is 17.7 Å². The van der Waals surface area contributed by atoms with Crippen molar-refractivity contribution in [1.29, 1.82) is 0 Å². The molecule has 3 aromatic carbocycles. The second-order valence-electron chi connectivity index (χ2n) is 7.81. The van der Waals surface area contributed by atoms with Gasteiger partial charge in [0.2, 0.25) is 17.5 Å². The zero-order valence-corrected chi connectivity index (χ0v) is 17.5. The highest BCUT2D eigenvalue weighted by Gasteiger charge is 2.38. The molecule has 34 heavy (non-hydrogen) atoms. The average Bonchev–Trinajstić information content (AvgIpc) is 3.49. The summed E-state index contributed by atoms with van der Waals surface area (Å²) in [6, 6.07) is 21.9. The van der Waals surface area contributed by atoms with Crippen LogP contribution in [0.4, 0.5) is 8.78 Å². The molecule has 0 saturated carbocycles. The molecule has 0 aliphatic heterocycles. The standard InChI is InChI=1S/C27H14F2N2O3/c28-19-11-12-20(29)23-22(19)24(32)18(25(23)33)13-17-14-21-26(31(17)16-9-5-2-6-10-16)30-27(34-21)15-7-3-1-4-8-15/h1-14H. The maximum absolute atomic E-state index is 14.3. The van der Waals surface area contributed by atoms with Gasteiger partial charge in [-0.15, -0.1) is 0 Å². The Labute approximate surface area is 191 Å². The van der Waals surface area contributed by atoms with Crippen molar-refractivity contribution in [2.75, 3.05) is 0 Å². The third kappa shape index (κ3) is 2.94. The van der Waals surface area contributed by atoms with Crippen LogP contribution in [-0.2, 0) is 0 Å². The minimum Gasteiger partial charge on any atom is -0.434 e. The lowest BCUT2D eigenvalue weighted by molar-refractivity contribution is 0.0988. The highest BCUT2D eigenvalue weighted by molar-refractivity contribution is 6.41. The molecule has 0 amide bonds. The number of benzene rings is 3. The first-order valence-electron chi connectivity index (χ1n) is 10.4. The van der Waals surface area contributed by atoms with Crippen LogP contribution in [0.1, 0.15) is 26.4 Å². The van der Waals surface area contributed by atoms with Crippen LogP contribution in [0.15, 0.2) is 88.9 Å². The van der Waals surface area contributed by atoms with Crippen molar-refractivity contribution in [3.05, 3.63) is 113 Å². The molecule has 0 saturated heterocycles. The summed E-state index contributed by atoms with van der Waals surface area (Å²) in [4.78, 5) is 30.4. The van der Waals surface area contributed by atoms with Crippen molar-refractivity contribution in [2.24, 2.45) is 0 Å². The van der Waals surface area contributed by atoms with E-state index < -0.39 is 34.3 Å². The van der Waals surface area contributed by atoms with E-state index in [4.69, 9.17) is 4.42 Å². The summed E-state index contributed by atoms with van der Waals surface area (Å²) in [6.45, 7) is 0. The summed E-state index contributed by atoms with van der Waals surface area (Å²) in [6.07, 6.45) is 1.33. The minimum atomic E-state index is -0.931. The SMILES string of the molecule is O=C1C(=Cc2cc3oc(-c4ccccc4)nc3n2-c2ccccc2)C(=O)c2c(F)ccc(F)c21. The molecule has 0 spiro atoms. The molecule has 0 fully saturated rings. The predicted molar refractivity (Wildman–Crippen MR) is 122 cm³/mol. The van der Waals surface area contributed by atoms with Crippen LogP contribution in [0.3, 0.4) is 0 Å². The van der Waals surface area contributed by atoms with Gasteiger partial charge >= 0.3 is 0 Å². The average molecular weight is 452 g/mol. The van der Waals surface area contributed by atoms with Gasteiger partial charge in [0.1, 0.15) is 11.6 Å². The summed E-state index contributed by atoms with van der Waals surface area (Å²) >= 11 is 0. The molecule has 164 valence electrons. The lowest BCUT2D eigenvalue weighted by Gasteiger charge is -2.07. The largest absolute Gasteiger partial charge is 0.434 e. The highest BCUT2D eigenvalue weighted by atomic mass is 19.1. The second-order valence-corrected chi connectivity index (χ2v) is 7.81. The van der Waals surface area contributed by atoms with E-state index in [-0.39, 0.29) is 5.57 Å². The van der Waals surface area contributed by atoms with Gasteiger partial charge in [0.15, 0.2) is 11.2 Å². The number of rotatable bonds is 3. The smallest absolute Gasteiger partial charge is 0.228 e. The van der Waals surface area contributed by atoms with Crippen molar-refractivity contribution < 1.29 is 22.8 Å². The highest BCUT2D eigenvalue weighted by Crippen LogP contribution is 2.34. The predicted octanol–water partition coefficient (Wildman–Crippen LogP) is 6.03. The van der Waals surface area contributed by atoms with Gasteiger partial charge in [-0.05, 0) is 42.5 Å². The minimum absolute atomic E-state index is 0.320. The van der Waals surface area contributed by atoms with Gasteiger partial charge in [-0.1, -0.05) is 36.4 Å². The zero-order valence-electron chi connectivity index (χ0n) is 17.5. The van der Waals surface area contributed by atoms with Crippen molar-refractivity contribution in [2.45, 2.75) is 0 Å². The Kier molecular flexibility index (Phi) is 4.38. The van der Waals surface area contributed by atoms with Crippen LogP contribution >= 0.6 is 0 Å². The first kappa shape index (κ1) is 20.0. The molecule has 0 atom stereocenters. The molecule has 0 N–H and O–H groups in total. The van der Waals surface area contributed by atoms with E-state index in [2.05, 4.69) is 4.98 Å². The molecule has 2 aromatic heterocycles. The number of nitrogens with zero attached hydrogens (tertiary/aromatic N) is 2. The van der Waals surface area contributed by atoms with Crippen molar-refractivity contribution in [3.8, 4) is 17.1 Å². The van der Waals surface area contributed by atoms with Crippen LogP contribution < -0.4 is 0 Å². The monoisotopic (exact) mass is 452 g/mol. The Morgan fingerprint density at radius 2 is 1.38 bits per heavy atom. The van der Waals surface area contributed by atoms with E-state index in [0.29, 0.717) is 28.5 Å². The number of aromatic nitrogens is 2. The molecule has 0 radical (unpaired) electrons. The van der Waals surface area contributed by atoms with Crippen molar-refractivity contribution >= 4 is 28.9 Å². The van der Waals surface area contributed by atoms with Crippen molar-refractivity contribution in [3.63, 3.8) is 0 Å². The van der Waals surface area contributed by atoms with Gasteiger partial charge in [-0.2, -0.15) is 4.98 Å². The van der Waals surface area contributed by atoms with E-state index in [1.807, 2.05) is 60.7 Å². The van der Waals surface area contributed by atoms with Crippen LogP contribution in [0.25, 0.3) is 34.4 Å². The normalized spacial score (nSPS) is 13.1. The summed E-state index contributed by atoms with van der Waals surface area (Å²) in [7, 11) is 0. The number of ketones is 2. The summed E-state index contributed by atoms with van der Waals surface area (Å²) in [5.74, 6) is -3.15. The van der Waals surface area contributed by atoms with E-state index >= 15 is 0 Å². The molecular weight excluding hydrogens is 438 g/mol. The maximum atomic E-state index is 14.3. The molecule has 7 heteroatoms. The lowest BCUT2D eigenvalue weighted by Crippen LogP contribution is -2.03. The summed E-state index contributed by atoms with van der Waals surface area (Å²) in [5.41, 5.74) is 1.43. The van der Waals surface area contributed by atoms with Gasteiger partial charge in [-0.3, -0.25) is 14.2 Å². The van der Waals surface area contributed by atoms with Gasteiger partial charge in [0.25, 0.3) is 0 Å². The first-order chi connectivity index (χ1) is 16.5. The topological polar surface area (TPSA) is 65.1 Å². The fourth-order valence-electron chi connectivity index (χ4n) is 4.21. The molecular formula is C27H14F2N2O3. The number of carbonyl (C=O) groups excluding carboxylic acids is 2. The number of hydrogen-bond donors (Lipinski definition) is 0. The van der Waals surface area contributed by atoms with Gasteiger partial charge in [0, 0.05) is 17.3 Å². The first-order valence-corrected chi connectivity index (χ1v) is 10.4. The van der Waals surface area contributed by atoms with E-state index in [9.17, 15) is 18.4 Å². The Hall–Kier alpha value is -4.65. The van der Waals surface area contributed by atoms with Crippen LogP contribution in [0, 0.1) is 11.6 Å². The van der Waals surface area contributed by atoms with Gasteiger partial charge < -0.3 is 4.42 Å². The maximum Gasteiger partial charge on any atom is 0.228 e. The molecule has 5 aromatic rings. The van der Waals surface area contributed by atoms with Gasteiger partial charge in [-0.25, -0.2) is 8.78 Å². The lowest BCUT2D eigenvalue weighted by atomic mass is 10.1. The number of hydrogen-bond acceptors (Lipinski definition) is 4. The van der Waals surface area contributed by atoms with Crippen LogP contribution in [0.2, 0.25) is 0 Å². The Morgan fingerprint density at radius 1 is 0.794 bits per heavy atom. The molecule has 0 unspecified atom stereocenters. The Bertz CT molecular complexity index is 1610. The number of fused-ring (bicyclic) bond motifs is 2. The van der Waals surface area contributed by atoms with Crippen LogP contribution in [-0.4, -0.2) is 21.1 Å². The summed E-state index contributed by atoms with van der Waals surface area (Å²) < 4.78 is 36.2. The van der Waals surface area contributed by atoms with Crippen molar-refractivity contribution in [1.82, 2.24) is 9.55 Å². The van der Waals surface area contributed by atoms with E-state index in [1.54, 1.807) is 10.6 Å². The summed E-state index contributed by atoms with van der Waals surface area (Å²) in [5, 5.41) is 0. The number of Topliss-reactive ketones (excluding diaryl/α,β-unsaturated/α-hetero) is 2. The third-order valence-corrected chi connectivity index (χ3v) is 5.76. The number of oxazole rings is 1. The fraction of sp³-hybridized carbons (Fsp3) is 0. The molecule has 0 bridgehead atoms. The molecule has 6 rings (SSSR count). The third-order valence-electron chi connectivity index (χ3n) is 5.76. The van der Waals surface area contributed by atoms with Gasteiger partial charge in [0.05, 0.1) is 22.4 Å². The number of para-hydroxylation sites is 1. The Morgan fingerprint density at radius 3 is 2.00 bits per heavy atom. The molecule has 1 aliphatic carbocycles. The van der Waals surface area contributed by atoms with Crippen LogP contribution in [0.5, 0.6) is 0 Å². The zero-order chi connectivity index (χ0) is 23.4. The number of allylic oxidation sites excluding steroid dienone is 1. The Balaban J connectivity index is 1.55. The molecule has 1 aliphatic rings. The number of halogens is 2.